The van der Waals surface area contributed by atoms with E-state index in [1.165, 1.54) is 18.2 Å². The first-order valence-electron chi connectivity index (χ1n) is 6.68. The fourth-order valence-electron chi connectivity index (χ4n) is 2.00. The molecule has 0 saturated carbocycles. The Morgan fingerprint density at radius 3 is 2.45 bits per heavy atom. The van der Waals surface area contributed by atoms with Gasteiger partial charge in [0.05, 0.1) is 11.5 Å². The van der Waals surface area contributed by atoms with Gasteiger partial charge in [-0.05, 0) is 11.1 Å². The van der Waals surface area contributed by atoms with E-state index in [0.717, 1.165) is 5.56 Å². The smallest absolute Gasteiger partial charge is 0.333 e. The third-order valence-electron chi connectivity index (χ3n) is 3.11. The number of nitrogens with zero attached hydrogens (tertiary/aromatic N) is 1. The highest BCUT2D eigenvalue weighted by molar-refractivity contribution is 5.72. The van der Waals surface area contributed by atoms with Crippen molar-refractivity contribution in [2.24, 2.45) is 0 Å². The van der Waals surface area contributed by atoms with Crippen molar-refractivity contribution in [3.63, 3.8) is 0 Å². The molecule has 6 heteroatoms. The lowest BCUT2D eigenvalue weighted by Crippen LogP contribution is -2.26. The Morgan fingerprint density at radius 1 is 1.14 bits per heavy atom. The molecule has 0 radical (unpaired) electrons. The third kappa shape index (κ3) is 4.39. The number of hydrogen-bond donors (Lipinski definition) is 1. The van der Waals surface area contributed by atoms with Gasteiger partial charge in [0.15, 0.2) is 6.10 Å². The highest BCUT2D eigenvalue weighted by atomic mass is 16.6. The Labute approximate surface area is 127 Å². The van der Waals surface area contributed by atoms with E-state index in [-0.39, 0.29) is 18.7 Å². The van der Waals surface area contributed by atoms with E-state index in [0.29, 0.717) is 5.56 Å². The van der Waals surface area contributed by atoms with Crippen LogP contribution in [0.2, 0.25) is 0 Å². The van der Waals surface area contributed by atoms with Crippen LogP contribution < -0.4 is 0 Å². The monoisotopic (exact) mass is 301 g/mol. The lowest BCUT2D eigenvalue weighted by Gasteiger charge is -2.13. The summed E-state index contributed by atoms with van der Waals surface area (Å²) in [7, 11) is 0. The van der Waals surface area contributed by atoms with Crippen molar-refractivity contribution in [2.75, 3.05) is 0 Å². The summed E-state index contributed by atoms with van der Waals surface area (Å²) < 4.78 is 5.42. The van der Waals surface area contributed by atoms with Crippen molar-refractivity contribution in [3.8, 4) is 0 Å². The third-order valence-corrected chi connectivity index (χ3v) is 3.11. The lowest BCUT2D eigenvalue weighted by atomic mass is 10.1. The topological polar surface area (TPSA) is 89.7 Å². The molecule has 0 fully saturated rings. The molecule has 0 aliphatic rings. The zero-order valence-electron chi connectivity index (χ0n) is 11.7. The van der Waals surface area contributed by atoms with Crippen molar-refractivity contribution in [2.45, 2.75) is 19.1 Å². The van der Waals surface area contributed by atoms with Gasteiger partial charge in [-0.3, -0.25) is 10.1 Å². The molecule has 0 saturated heterocycles. The molecule has 2 rings (SSSR count). The molecule has 22 heavy (non-hydrogen) atoms. The number of carboxylic acid groups (broad SMARTS) is 1. The SMILES string of the molecule is O=C(O)[C@H](Cc1cccc([N+](=O)[O-])c1)OCc1ccccc1. The summed E-state index contributed by atoms with van der Waals surface area (Å²) in [4.78, 5) is 21.5. The highest BCUT2D eigenvalue weighted by Crippen LogP contribution is 2.16. The zero-order valence-corrected chi connectivity index (χ0v) is 11.7. The van der Waals surface area contributed by atoms with Crippen molar-refractivity contribution < 1.29 is 19.6 Å². The number of rotatable bonds is 7. The van der Waals surface area contributed by atoms with Crippen molar-refractivity contribution >= 4 is 11.7 Å². The number of carboxylic acids is 1. The molecular formula is C16H15NO5. The van der Waals surface area contributed by atoms with Gasteiger partial charge < -0.3 is 9.84 Å². The molecular weight excluding hydrogens is 286 g/mol. The normalized spacial score (nSPS) is 11.8. The summed E-state index contributed by atoms with van der Waals surface area (Å²) in [5, 5.41) is 20.0. The predicted octanol–water partition coefficient (Wildman–Crippen LogP) is 2.81. The standard InChI is InChI=1S/C16H15NO5/c18-16(19)15(22-11-12-5-2-1-3-6-12)10-13-7-4-8-14(9-13)17(20)21/h1-9,15H,10-11H2,(H,18,19)/t15-/m0/s1. The zero-order chi connectivity index (χ0) is 15.9. The van der Waals surface area contributed by atoms with E-state index in [1.807, 2.05) is 30.3 Å². The predicted molar refractivity (Wildman–Crippen MR) is 79.5 cm³/mol. The molecule has 0 aliphatic carbocycles. The fourth-order valence-corrected chi connectivity index (χ4v) is 2.00. The van der Waals surface area contributed by atoms with E-state index in [1.54, 1.807) is 6.07 Å². The van der Waals surface area contributed by atoms with Gasteiger partial charge >= 0.3 is 5.97 Å². The quantitative estimate of drug-likeness (QED) is 0.627. The number of benzene rings is 2. The van der Waals surface area contributed by atoms with Gasteiger partial charge in [0.1, 0.15) is 0 Å². The van der Waals surface area contributed by atoms with E-state index in [2.05, 4.69) is 0 Å². The van der Waals surface area contributed by atoms with Crippen LogP contribution in [0.1, 0.15) is 11.1 Å². The Morgan fingerprint density at radius 2 is 1.82 bits per heavy atom. The molecule has 0 aromatic heterocycles. The Bertz CT molecular complexity index is 657. The molecule has 0 aliphatic heterocycles. The molecule has 1 atom stereocenters. The van der Waals surface area contributed by atoms with Crippen LogP contribution in [0.25, 0.3) is 0 Å². The fraction of sp³-hybridized carbons (Fsp3) is 0.188. The average molecular weight is 301 g/mol. The van der Waals surface area contributed by atoms with Gasteiger partial charge in [0.25, 0.3) is 5.69 Å². The molecule has 0 bridgehead atoms. The molecule has 6 nitrogen and oxygen atoms in total. The van der Waals surface area contributed by atoms with E-state index in [4.69, 9.17) is 4.74 Å². The first kappa shape index (κ1) is 15.7. The number of aliphatic carboxylic acids is 1. The van der Waals surface area contributed by atoms with Gasteiger partial charge in [0, 0.05) is 18.6 Å². The molecule has 114 valence electrons. The Hall–Kier alpha value is -2.73. The summed E-state index contributed by atoms with van der Waals surface area (Å²) in [6.45, 7) is 0.173. The molecule has 1 N–H and O–H groups in total. The van der Waals surface area contributed by atoms with Crippen LogP contribution >= 0.6 is 0 Å². The first-order chi connectivity index (χ1) is 10.6. The Kier molecular flexibility index (Phi) is 5.21. The summed E-state index contributed by atoms with van der Waals surface area (Å²) >= 11 is 0. The van der Waals surface area contributed by atoms with E-state index >= 15 is 0 Å². The van der Waals surface area contributed by atoms with Crippen LogP contribution in [0, 0.1) is 10.1 Å². The van der Waals surface area contributed by atoms with Crippen LogP contribution in [-0.2, 0) is 22.6 Å². The second kappa shape index (κ2) is 7.33. The van der Waals surface area contributed by atoms with Crippen LogP contribution in [0.15, 0.2) is 54.6 Å². The van der Waals surface area contributed by atoms with Crippen molar-refractivity contribution in [3.05, 3.63) is 75.8 Å². The van der Waals surface area contributed by atoms with Crippen LogP contribution in [0.3, 0.4) is 0 Å². The van der Waals surface area contributed by atoms with Gasteiger partial charge in [-0.1, -0.05) is 42.5 Å². The molecule has 2 aromatic carbocycles. The molecule has 2 aromatic rings. The molecule has 0 spiro atoms. The first-order valence-corrected chi connectivity index (χ1v) is 6.68. The van der Waals surface area contributed by atoms with Crippen molar-refractivity contribution in [1.82, 2.24) is 0 Å². The summed E-state index contributed by atoms with van der Waals surface area (Å²) in [6, 6.07) is 15.1. The van der Waals surface area contributed by atoms with Crippen LogP contribution in [-0.4, -0.2) is 22.1 Å². The summed E-state index contributed by atoms with van der Waals surface area (Å²) in [5.74, 6) is -1.09. The second-order valence-corrected chi connectivity index (χ2v) is 4.75. The summed E-state index contributed by atoms with van der Waals surface area (Å²) in [5.41, 5.74) is 1.35. The number of ether oxygens (including phenoxy) is 1. The number of hydrogen-bond acceptors (Lipinski definition) is 4. The molecule has 0 amide bonds. The number of nitro benzene ring substituents is 1. The average Bonchev–Trinajstić information content (AvgIpc) is 2.52. The number of nitro groups is 1. The minimum Gasteiger partial charge on any atom is -0.479 e. The van der Waals surface area contributed by atoms with Gasteiger partial charge in [0.2, 0.25) is 0 Å². The second-order valence-electron chi connectivity index (χ2n) is 4.75. The maximum absolute atomic E-state index is 11.3. The largest absolute Gasteiger partial charge is 0.479 e. The number of carbonyl (C=O) groups is 1. The van der Waals surface area contributed by atoms with E-state index in [9.17, 15) is 20.0 Å². The Balaban J connectivity index is 2.04. The van der Waals surface area contributed by atoms with Crippen molar-refractivity contribution in [1.29, 1.82) is 0 Å². The van der Waals surface area contributed by atoms with Gasteiger partial charge in [-0.2, -0.15) is 0 Å². The van der Waals surface area contributed by atoms with Crippen LogP contribution in [0.4, 0.5) is 5.69 Å². The lowest BCUT2D eigenvalue weighted by molar-refractivity contribution is -0.384. The molecule has 0 heterocycles. The highest BCUT2D eigenvalue weighted by Gasteiger charge is 2.20. The van der Waals surface area contributed by atoms with Gasteiger partial charge in [-0.25, -0.2) is 4.79 Å². The minimum atomic E-state index is -1.09. The maximum Gasteiger partial charge on any atom is 0.333 e. The summed E-state index contributed by atoms with van der Waals surface area (Å²) in [6.07, 6.45) is -0.980. The van der Waals surface area contributed by atoms with E-state index < -0.39 is 17.0 Å². The van der Waals surface area contributed by atoms with Crippen LogP contribution in [0.5, 0.6) is 0 Å². The minimum absolute atomic E-state index is 0.0651. The number of non-ortho nitro benzene ring substituents is 1. The van der Waals surface area contributed by atoms with Gasteiger partial charge in [-0.15, -0.1) is 0 Å². The molecule has 0 unspecified atom stereocenters. The maximum atomic E-state index is 11.3.